The van der Waals surface area contributed by atoms with E-state index in [0.29, 0.717) is 22.9 Å². The fourth-order valence-corrected chi connectivity index (χ4v) is 3.23. The number of rotatable bonds is 4. The van der Waals surface area contributed by atoms with Crippen molar-refractivity contribution in [1.29, 1.82) is 0 Å². The molecule has 1 aliphatic rings. The summed E-state index contributed by atoms with van der Waals surface area (Å²) in [6, 6.07) is 11.8. The van der Waals surface area contributed by atoms with Crippen LogP contribution in [0, 0.1) is 0 Å². The first-order chi connectivity index (χ1) is 14.2. The number of aromatic nitrogens is 1. The monoisotopic (exact) mass is 394 g/mol. The molecule has 3 heterocycles. The molecule has 0 spiro atoms. The first kappa shape index (κ1) is 18.8. The second kappa shape index (κ2) is 8.64. The van der Waals surface area contributed by atoms with Gasteiger partial charge in [0.05, 0.1) is 6.26 Å². The van der Waals surface area contributed by atoms with Crippen LogP contribution in [0.2, 0.25) is 0 Å². The Balaban J connectivity index is 1.34. The number of nitrogens with zero attached hydrogens (tertiary/aromatic N) is 2. The third-order valence-electron chi connectivity index (χ3n) is 4.79. The molecule has 3 amide bonds. The average Bonchev–Trinajstić information content (AvgIpc) is 3.36. The molecule has 29 heavy (non-hydrogen) atoms. The molecule has 150 valence electrons. The van der Waals surface area contributed by atoms with Crippen molar-refractivity contribution in [3.63, 3.8) is 0 Å². The summed E-state index contributed by atoms with van der Waals surface area (Å²) in [5.41, 5.74) is 1.42. The third kappa shape index (κ3) is 4.66. The van der Waals surface area contributed by atoms with Crippen LogP contribution < -0.4 is 10.6 Å². The van der Waals surface area contributed by atoms with E-state index in [9.17, 15) is 9.59 Å². The van der Waals surface area contributed by atoms with Crippen LogP contribution in [0.5, 0.6) is 0 Å². The average molecular weight is 394 g/mol. The zero-order valence-corrected chi connectivity index (χ0v) is 15.9. The molecule has 0 bridgehead atoms. The zero-order valence-electron chi connectivity index (χ0n) is 15.9. The van der Waals surface area contributed by atoms with Gasteiger partial charge in [-0.15, -0.1) is 0 Å². The molecule has 2 N–H and O–H groups in total. The Kier molecular flexibility index (Phi) is 5.60. The highest BCUT2D eigenvalue weighted by molar-refractivity contribution is 6.03. The summed E-state index contributed by atoms with van der Waals surface area (Å²) in [5.74, 6) is 0.487. The molecule has 0 saturated carbocycles. The van der Waals surface area contributed by atoms with Gasteiger partial charge in [-0.05, 0) is 49.2 Å². The Morgan fingerprint density at radius 1 is 0.897 bits per heavy atom. The lowest BCUT2D eigenvalue weighted by atomic mass is 10.2. The van der Waals surface area contributed by atoms with Crippen molar-refractivity contribution in [2.75, 3.05) is 23.7 Å². The van der Waals surface area contributed by atoms with Gasteiger partial charge in [0.25, 0.3) is 5.91 Å². The van der Waals surface area contributed by atoms with Crippen molar-refractivity contribution < 1.29 is 18.5 Å². The van der Waals surface area contributed by atoms with Crippen molar-refractivity contribution >= 4 is 23.3 Å². The van der Waals surface area contributed by atoms with E-state index in [1.807, 2.05) is 4.90 Å². The van der Waals surface area contributed by atoms with Crippen LogP contribution in [0.15, 0.2) is 57.7 Å². The molecule has 1 fully saturated rings. The lowest BCUT2D eigenvalue weighted by Gasteiger charge is -2.20. The first-order valence-electron chi connectivity index (χ1n) is 9.67. The van der Waals surface area contributed by atoms with Crippen LogP contribution in [-0.4, -0.2) is 35.1 Å². The molecule has 1 aromatic carbocycles. The Morgan fingerprint density at radius 3 is 2.24 bits per heavy atom. The molecule has 4 rings (SSSR count). The standard InChI is InChI=1S/C21H22N4O4/c26-20(17-14-19(29-24-17)18-6-5-13-28-18)22-15-7-9-16(10-8-15)23-21(27)25-11-3-1-2-4-12-25/h5-10,13-14H,1-4,11-12H2,(H,22,26)(H,23,27). The fourth-order valence-electron chi connectivity index (χ4n) is 3.23. The lowest BCUT2D eigenvalue weighted by molar-refractivity contribution is 0.101. The largest absolute Gasteiger partial charge is 0.461 e. The topological polar surface area (TPSA) is 101 Å². The molecular formula is C21H22N4O4. The molecule has 0 atom stereocenters. The minimum atomic E-state index is -0.395. The molecular weight excluding hydrogens is 372 g/mol. The molecule has 0 radical (unpaired) electrons. The molecule has 0 unspecified atom stereocenters. The van der Waals surface area contributed by atoms with E-state index < -0.39 is 5.91 Å². The second-order valence-electron chi connectivity index (χ2n) is 6.92. The van der Waals surface area contributed by atoms with Crippen molar-refractivity contribution in [2.24, 2.45) is 0 Å². The number of carbonyl (C=O) groups is 2. The number of benzene rings is 1. The van der Waals surface area contributed by atoms with E-state index in [2.05, 4.69) is 15.8 Å². The predicted octanol–water partition coefficient (Wildman–Crippen LogP) is 4.59. The van der Waals surface area contributed by atoms with Gasteiger partial charge in [0.15, 0.2) is 11.5 Å². The maximum Gasteiger partial charge on any atom is 0.321 e. The van der Waals surface area contributed by atoms with Gasteiger partial charge in [-0.3, -0.25) is 4.79 Å². The molecule has 8 heteroatoms. The van der Waals surface area contributed by atoms with Gasteiger partial charge in [-0.2, -0.15) is 0 Å². The Hall–Kier alpha value is -3.55. The Bertz CT molecular complexity index is 955. The highest BCUT2D eigenvalue weighted by atomic mass is 16.5. The van der Waals surface area contributed by atoms with Crippen LogP contribution in [0.3, 0.4) is 0 Å². The summed E-state index contributed by atoms with van der Waals surface area (Å²) in [7, 11) is 0. The summed E-state index contributed by atoms with van der Waals surface area (Å²) in [6.45, 7) is 1.58. The first-order valence-corrected chi connectivity index (χ1v) is 9.67. The summed E-state index contributed by atoms with van der Waals surface area (Å²) in [5, 5.41) is 9.44. The van der Waals surface area contributed by atoms with Gasteiger partial charge in [-0.1, -0.05) is 18.0 Å². The number of urea groups is 1. The Labute approximate surface area is 167 Å². The number of anilines is 2. The number of likely N-dealkylation sites (tertiary alicyclic amines) is 1. The molecule has 2 aromatic heterocycles. The van der Waals surface area contributed by atoms with E-state index in [0.717, 1.165) is 25.9 Å². The van der Waals surface area contributed by atoms with E-state index >= 15 is 0 Å². The lowest BCUT2D eigenvalue weighted by Crippen LogP contribution is -2.35. The number of carbonyl (C=O) groups excluding carboxylic acids is 2. The van der Waals surface area contributed by atoms with Crippen LogP contribution in [-0.2, 0) is 0 Å². The number of hydrogen-bond acceptors (Lipinski definition) is 5. The van der Waals surface area contributed by atoms with Crippen LogP contribution in [0.4, 0.5) is 16.2 Å². The van der Waals surface area contributed by atoms with Gasteiger partial charge in [0, 0.05) is 30.5 Å². The summed E-state index contributed by atoms with van der Waals surface area (Å²) >= 11 is 0. The van der Waals surface area contributed by atoms with E-state index in [1.54, 1.807) is 36.4 Å². The number of hydrogen-bond donors (Lipinski definition) is 2. The fraction of sp³-hybridized carbons (Fsp3) is 0.286. The van der Waals surface area contributed by atoms with Crippen LogP contribution in [0.1, 0.15) is 36.2 Å². The third-order valence-corrected chi connectivity index (χ3v) is 4.79. The van der Waals surface area contributed by atoms with Crippen molar-refractivity contribution in [2.45, 2.75) is 25.7 Å². The minimum absolute atomic E-state index is 0.0864. The van der Waals surface area contributed by atoms with Gasteiger partial charge >= 0.3 is 6.03 Å². The highest BCUT2D eigenvalue weighted by Gasteiger charge is 2.17. The maximum absolute atomic E-state index is 12.4. The number of furan rings is 1. The zero-order chi connectivity index (χ0) is 20.1. The predicted molar refractivity (Wildman–Crippen MR) is 108 cm³/mol. The second-order valence-corrected chi connectivity index (χ2v) is 6.92. The molecule has 0 aliphatic carbocycles. The van der Waals surface area contributed by atoms with Crippen molar-refractivity contribution in [1.82, 2.24) is 10.1 Å². The maximum atomic E-state index is 12.4. The number of amides is 3. The Morgan fingerprint density at radius 2 is 1.59 bits per heavy atom. The molecule has 1 aliphatic heterocycles. The smallest absolute Gasteiger partial charge is 0.321 e. The SMILES string of the molecule is O=C(Nc1ccc(NC(=O)N2CCCCCC2)cc1)c1cc(-c2ccco2)on1. The van der Waals surface area contributed by atoms with E-state index in [-0.39, 0.29) is 11.7 Å². The van der Waals surface area contributed by atoms with Gasteiger partial charge in [0.1, 0.15) is 0 Å². The minimum Gasteiger partial charge on any atom is -0.461 e. The quantitative estimate of drug-likeness (QED) is 0.674. The highest BCUT2D eigenvalue weighted by Crippen LogP contribution is 2.21. The van der Waals surface area contributed by atoms with Crippen molar-refractivity contribution in [3.05, 3.63) is 54.4 Å². The summed E-state index contributed by atoms with van der Waals surface area (Å²) in [6.07, 6.45) is 5.95. The summed E-state index contributed by atoms with van der Waals surface area (Å²) in [4.78, 5) is 26.6. The van der Waals surface area contributed by atoms with E-state index in [4.69, 9.17) is 8.94 Å². The van der Waals surface area contributed by atoms with Crippen molar-refractivity contribution in [3.8, 4) is 11.5 Å². The summed E-state index contributed by atoms with van der Waals surface area (Å²) < 4.78 is 10.4. The number of nitrogens with one attached hydrogen (secondary N) is 2. The van der Waals surface area contributed by atoms with Crippen LogP contribution >= 0.6 is 0 Å². The normalized spacial score (nSPS) is 14.3. The van der Waals surface area contributed by atoms with Gasteiger partial charge in [-0.25, -0.2) is 4.79 Å². The van der Waals surface area contributed by atoms with Gasteiger partial charge in [0.2, 0.25) is 5.76 Å². The molecule has 3 aromatic rings. The van der Waals surface area contributed by atoms with Gasteiger partial charge < -0.3 is 24.5 Å². The van der Waals surface area contributed by atoms with E-state index in [1.165, 1.54) is 25.2 Å². The molecule has 8 nitrogen and oxygen atoms in total. The van der Waals surface area contributed by atoms with Crippen LogP contribution in [0.25, 0.3) is 11.5 Å². The molecule has 1 saturated heterocycles.